The van der Waals surface area contributed by atoms with Crippen LogP contribution in [0.4, 0.5) is 29.3 Å². The van der Waals surface area contributed by atoms with Gasteiger partial charge in [-0.15, -0.1) is 0 Å². The normalized spacial score (nSPS) is 15.2. The van der Waals surface area contributed by atoms with Crippen molar-refractivity contribution in [1.82, 2.24) is 9.88 Å². The van der Waals surface area contributed by atoms with Gasteiger partial charge in [0.25, 0.3) is 5.91 Å². The van der Waals surface area contributed by atoms with Crippen molar-refractivity contribution < 1.29 is 32.7 Å². The van der Waals surface area contributed by atoms with Gasteiger partial charge in [0.2, 0.25) is 0 Å². The monoisotopic (exact) mass is 494 g/mol. The zero-order valence-electron chi connectivity index (χ0n) is 20.2. The first kappa shape index (κ1) is 27.6. The molecule has 1 aromatic carbocycles. The number of rotatable bonds is 6. The van der Waals surface area contributed by atoms with Crippen molar-refractivity contribution in [1.29, 1.82) is 0 Å². The fraction of sp³-hybridized carbons (Fsp3) is 0.417. The van der Waals surface area contributed by atoms with Gasteiger partial charge in [-0.25, -0.2) is 14.5 Å². The van der Waals surface area contributed by atoms with E-state index < -0.39 is 17.7 Å². The molecule has 1 N–H and O–H groups in total. The van der Waals surface area contributed by atoms with Crippen molar-refractivity contribution in [2.45, 2.75) is 58.9 Å². The lowest BCUT2D eigenvalue weighted by Crippen LogP contribution is -2.43. The molecule has 2 heterocycles. The average molecular weight is 495 g/mol. The highest BCUT2D eigenvalue weighted by Crippen LogP contribution is 2.34. The Bertz CT molecular complexity index is 1040. The Morgan fingerprint density at radius 1 is 1.09 bits per heavy atom. The minimum atomic E-state index is -5.08. The summed E-state index contributed by atoms with van der Waals surface area (Å²) >= 11 is 0. The number of alkyl halides is 3. The molecule has 11 heteroatoms. The molecule has 1 aliphatic heterocycles. The molecule has 0 saturated carbocycles. The Labute approximate surface area is 202 Å². The molecule has 35 heavy (non-hydrogen) atoms. The minimum absolute atomic E-state index is 0.212. The number of urea groups is 1. The maximum atomic E-state index is 13.1. The summed E-state index contributed by atoms with van der Waals surface area (Å²) < 4.78 is 31.7. The molecule has 2 aromatic rings. The molecule has 1 aromatic heterocycles. The number of nitrogens with zero attached hydrogens (tertiary/aromatic N) is 4. The Balaban J connectivity index is 0.000000540. The number of carbonyl (C=O) groups is 3. The number of carboxylic acid groups (broad SMARTS) is 1. The summed E-state index contributed by atoms with van der Waals surface area (Å²) in [6.07, 6.45) is -1.70. The first-order valence-electron chi connectivity index (χ1n) is 10.9. The lowest BCUT2D eigenvalue weighted by molar-refractivity contribution is -0.192. The van der Waals surface area contributed by atoms with E-state index in [-0.39, 0.29) is 11.9 Å². The maximum Gasteiger partial charge on any atom is 0.490 e. The predicted molar refractivity (Wildman–Crippen MR) is 125 cm³/mol. The second-order valence-corrected chi connectivity index (χ2v) is 8.62. The number of carbonyl (C=O) groups excluding carboxylic acids is 2. The van der Waals surface area contributed by atoms with Crippen LogP contribution >= 0.6 is 0 Å². The van der Waals surface area contributed by atoms with E-state index >= 15 is 0 Å². The van der Waals surface area contributed by atoms with E-state index in [0.717, 1.165) is 17.8 Å². The molecule has 0 radical (unpaired) electrons. The number of hydrogen-bond acceptors (Lipinski definition) is 5. The lowest BCUT2D eigenvalue weighted by Gasteiger charge is -2.28. The van der Waals surface area contributed by atoms with Crippen molar-refractivity contribution >= 4 is 29.3 Å². The molecule has 0 aliphatic carbocycles. The van der Waals surface area contributed by atoms with Crippen LogP contribution in [0.5, 0.6) is 0 Å². The van der Waals surface area contributed by atoms with Crippen molar-refractivity contribution in [2.24, 2.45) is 0 Å². The molecule has 0 unspecified atom stereocenters. The third kappa shape index (κ3) is 6.28. The van der Waals surface area contributed by atoms with Crippen LogP contribution in [0, 0.1) is 0 Å². The zero-order chi connectivity index (χ0) is 26.6. The SMILES string of the molecule is CCN(c1ccc(N2C(=O)N(Cc3ccncc3)C(C)(C)C2=O)cc1)C(C)C.O=C(O)C(F)(F)F. The highest BCUT2D eigenvalue weighted by atomic mass is 19.4. The van der Waals surface area contributed by atoms with Crippen LogP contribution in [-0.4, -0.2) is 57.2 Å². The third-order valence-corrected chi connectivity index (χ3v) is 5.56. The smallest absolute Gasteiger partial charge is 0.475 e. The highest BCUT2D eigenvalue weighted by Gasteiger charge is 2.51. The summed E-state index contributed by atoms with van der Waals surface area (Å²) in [6, 6.07) is 11.4. The van der Waals surface area contributed by atoms with Crippen molar-refractivity contribution in [2.75, 3.05) is 16.3 Å². The summed E-state index contributed by atoms with van der Waals surface area (Å²) in [5.41, 5.74) is 1.71. The summed E-state index contributed by atoms with van der Waals surface area (Å²) in [5, 5.41) is 7.12. The molecule has 3 amide bonds. The Morgan fingerprint density at radius 2 is 1.60 bits per heavy atom. The fourth-order valence-electron chi connectivity index (χ4n) is 3.64. The number of carboxylic acids is 1. The largest absolute Gasteiger partial charge is 0.490 e. The van der Waals surface area contributed by atoms with E-state index in [1.54, 1.807) is 31.1 Å². The Hall–Kier alpha value is -3.63. The van der Waals surface area contributed by atoms with Crippen molar-refractivity contribution in [3.63, 3.8) is 0 Å². The predicted octanol–water partition coefficient (Wildman–Crippen LogP) is 4.70. The molecule has 8 nitrogen and oxygen atoms in total. The summed E-state index contributed by atoms with van der Waals surface area (Å²) in [6.45, 7) is 11.2. The number of halogens is 3. The van der Waals surface area contributed by atoms with E-state index in [4.69, 9.17) is 9.90 Å². The molecule has 0 spiro atoms. The number of benzene rings is 1. The number of aliphatic carboxylic acids is 1. The van der Waals surface area contributed by atoms with Gasteiger partial charge in [0.1, 0.15) is 5.54 Å². The van der Waals surface area contributed by atoms with Crippen LogP contribution in [0.3, 0.4) is 0 Å². The molecule has 0 bridgehead atoms. The second kappa shape index (κ2) is 10.7. The van der Waals surface area contributed by atoms with E-state index in [9.17, 15) is 22.8 Å². The number of hydrogen-bond donors (Lipinski definition) is 1. The van der Waals surface area contributed by atoms with Crippen molar-refractivity contribution in [3.05, 3.63) is 54.4 Å². The van der Waals surface area contributed by atoms with Crippen LogP contribution in [0.25, 0.3) is 0 Å². The van der Waals surface area contributed by atoms with E-state index in [1.807, 2.05) is 36.4 Å². The standard InChI is InChI=1S/C22H28N4O2.C2HF3O2/c1-6-24(16(2)3)18-7-9-19(10-8-18)26-20(27)22(4,5)25(21(26)28)15-17-11-13-23-14-12-17;3-2(4,5)1(6)7/h7-14,16H,6,15H2,1-5H3;(H,6,7). The maximum absolute atomic E-state index is 13.1. The van der Waals surface area contributed by atoms with Gasteiger partial charge in [-0.1, -0.05) is 0 Å². The van der Waals surface area contributed by atoms with Crippen LogP contribution in [0.1, 0.15) is 40.2 Å². The van der Waals surface area contributed by atoms with Crippen molar-refractivity contribution in [3.8, 4) is 0 Å². The van der Waals surface area contributed by atoms with Gasteiger partial charge in [0, 0.05) is 37.2 Å². The number of imide groups is 1. The van der Waals surface area contributed by atoms with E-state index in [2.05, 4.69) is 30.7 Å². The van der Waals surface area contributed by atoms with Crippen LogP contribution in [0.2, 0.25) is 0 Å². The van der Waals surface area contributed by atoms with Gasteiger partial charge in [-0.2, -0.15) is 13.2 Å². The molecule has 1 saturated heterocycles. The van der Waals surface area contributed by atoms with Gasteiger partial charge in [-0.3, -0.25) is 9.78 Å². The van der Waals surface area contributed by atoms with Gasteiger partial charge in [0.15, 0.2) is 0 Å². The molecular formula is C24H29F3N4O4. The van der Waals surface area contributed by atoms with E-state index in [1.165, 1.54) is 4.90 Å². The fourth-order valence-corrected chi connectivity index (χ4v) is 3.64. The van der Waals surface area contributed by atoms with Gasteiger partial charge in [-0.05, 0) is 76.6 Å². The van der Waals surface area contributed by atoms with Crippen LogP contribution in [0.15, 0.2) is 48.8 Å². The second-order valence-electron chi connectivity index (χ2n) is 8.62. The molecular weight excluding hydrogens is 465 g/mol. The third-order valence-electron chi connectivity index (χ3n) is 5.56. The molecule has 1 fully saturated rings. The summed E-state index contributed by atoms with van der Waals surface area (Å²) in [5.74, 6) is -2.97. The number of aromatic nitrogens is 1. The summed E-state index contributed by atoms with van der Waals surface area (Å²) in [4.78, 5) is 44.3. The van der Waals surface area contributed by atoms with Gasteiger partial charge in [0.05, 0.1) is 5.69 Å². The Kier molecular flexibility index (Phi) is 8.48. The quantitative estimate of drug-likeness (QED) is 0.586. The van der Waals surface area contributed by atoms with E-state index in [0.29, 0.717) is 18.3 Å². The topological polar surface area (TPSA) is 94.0 Å². The van der Waals surface area contributed by atoms with Gasteiger partial charge >= 0.3 is 18.2 Å². The lowest BCUT2D eigenvalue weighted by atomic mass is 10.0. The highest BCUT2D eigenvalue weighted by molar-refractivity contribution is 6.22. The molecule has 190 valence electrons. The number of anilines is 2. The Morgan fingerprint density at radius 3 is 2.03 bits per heavy atom. The first-order valence-corrected chi connectivity index (χ1v) is 10.9. The van der Waals surface area contributed by atoms with Crippen LogP contribution in [-0.2, 0) is 16.1 Å². The van der Waals surface area contributed by atoms with Gasteiger partial charge < -0.3 is 14.9 Å². The summed E-state index contributed by atoms with van der Waals surface area (Å²) in [7, 11) is 0. The first-order chi connectivity index (χ1) is 16.2. The molecule has 1 aliphatic rings. The minimum Gasteiger partial charge on any atom is -0.475 e. The molecule has 0 atom stereocenters. The number of amides is 3. The zero-order valence-corrected chi connectivity index (χ0v) is 20.2. The average Bonchev–Trinajstić information content (AvgIpc) is 2.94. The number of pyridine rings is 1. The van der Waals surface area contributed by atoms with Crippen LogP contribution < -0.4 is 9.80 Å². The molecule has 3 rings (SSSR count).